The van der Waals surface area contributed by atoms with Crippen molar-refractivity contribution in [3.05, 3.63) is 24.3 Å². The van der Waals surface area contributed by atoms with Gasteiger partial charge in [0.2, 0.25) is 0 Å². The maximum atomic E-state index is 12.0. The number of hydrogen-bond acceptors (Lipinski definition) is 3. The van der Waals surface area contributed by atoms with Crippen molar-refractivity contribution in [2.45, 2.75) is 71.8 Å². The molecule has 0 radical (unpaired) electrons. The fraction of sp³-hybridized carbons (Fsp3) is 0.739. The molecule has 0 saturated heterocycles. The molecule has 0 aromatic carbocycles. The Hall–Kier alpha value is -1.38. The van der Waals surface area contributed by atoms with Crippen molar-refractivity contribution in [2.75, 3.05) is 0 Å². The number of ketones is 1. The number of esters is 1. The summed E-state index contributed by atoms with van der Waals surface area (Å²) in [6.07, 6.45) is 11.1. The van der Waals surface area contributed by atoms with Gasteiger partial charge in [-0.2, -0.15) is 0 Å². The lowest BCUT2D eigenvalue weighted by atomic mass is 9.46. The Morgan fingerprint density at radius 1 is 1.27 bits per heavy atom. The monoisotopic (exact) mass is 356 g/mol. The Morgan fingerprint density at radius 2 is 2.04 bits per heavy atom. The minimum absolute atomic E-state index is 0.00450. The van der Waals surface area contributed by atoms with Crippen LogP contribution in [0.2, 0.25) is 0 Å². The second-order valence-electron chi connectivity index (χ2n) is 9.67. The highest BCUT2D eigenvalue weighted by Gasteiger charge is 2.62. The van der Waals surface area contributed by atoms with E-state index in [0.717, 1.165) is 25.7 Å². The number of allylic oxidation sites excluding steroid dienone is 2. The number of ether oxygens (including phenoxy) is 1. The molecule has 0 unspecified atom stereocenters. The van der Waals surface area contributed by atoms with Crippen LogP contribution in [0.5, 0.6) is 0 Å². The average molecular weight is 357 g/mol. The third kappa shape index (κ3) is 2.46. The fourth-order valence-electron chi connectivity index (χ4n) is 7.40. The lowest BCUT2D eigenvalue weighted by molar-refractivity contribution is -0.174. The third-order valence-corrected chi connectivity index (χ3v) is 8.55. The molecule has 3 fully saturated rings. The van der Waals surface area contributed by atoms with Gasteiger partial charge in [0, 0.05) is 19.3 Å². The molecule has 3 nitrogen and oxygen atoms in total. The summed E-state index contributed by atoms with van der Waals surface area (Å²) < 4.78 is 5.98. The molecular weight excluding hydrogens is 324 g/mol. The van der Waals surface area contributed by atoms with Gasteiger partial charge in [0.25, 0.3) is 0 Å². The Bertz CT molecular complexity index is 677. The zero-order valence-corrected chi connectivity index (χ0v) is 16.4. The highest BCUT2D eigenvalue weighted by Crippen LogP contribution is 2.67. The van der Waals surface area contributed by atoms with Gasteiger partial charge >= 0.3 is 5.97 Å². The summed E-state index contributed by atoms with van der Waals surface area (Å²) in [5.74, 6) is 2.23. The van der Waals surface area contributed by atoms with Crippen LogP contribution in [0.1, 0.15) is 65.7 Å². The Kier molecular flexibility index (Phi) is 4.20. The SMILES string of the molecule is C=C[C@@H]1CC[C@@H]2[C@H]3CCC4=CC(=O)CC[C@]4(C)[C@@H]3[C@H](OC(C)=O)C[C@]12C. The van der Waals surface area contributed by atoms with Crippen LogP contribution in [0, 0.1) is 34.5 Å². The molecule has 0 aliphatic heterocycles. The van der Waals surface area contributed by atoms with E-state index in [0.29, 0.717) is 30.1 Å². The van der Waals surface area contributed by atoms with Crippen molar-refractivity contribution < 1.29 is 14.3 Å². The number of carbonyl (C=O) groups excluding carboxylic acids is 2. The molecule has 0 aromatic heterocycles. The van der Waals surface area contributed by atoms with Gasteiger partial charge in [-0.3, -0.25) is 9.59 Å². The largest absolute Gasteiger partial charge is 0.462 e. The maximum Gasteiger partial charge on any atom is 0.302 e. The maximum absolute atomic E-state index is 12.0. The van der Waals surface area contributed by atoms with E-state index in [1.807, 2.05) is 6.08 Å². The number of carbonyl (C=O) groups is 2. The quantitative estimate of drug-likeness (QED) is 0.524. The topological polar surface area (TPSA) is 43.4 Å². The van der Waals surface area contributed by atoms with Crippen LogP contribution in [0.4, 0.5) is 0 Å². The summed E-state index contributed by atoms with van der Waals surface area (Å²) >= 11 is 0. The van der Waals surface area contributed by atoms with Gasteiger partial charge in [-0.1, -0.05) is 25.5 Å². The molecule has 142 valence electrons. The average Bonchev–Trinajstić information content (AvgIpc) is 2.90. The molecule has 3 heteroatoms. The van der Waals surface area contributed by atoms with Gasteiger partial charge in [0.15, 0.2) is 5.78 Å². The summed E-state index contributed by atoms with van der Waals surface area (Å²) in [6, 6.07) is 0. The highest BCUT2D eigenvalue weighted by molar-refractivity contribution is 5.91. The predicted molar refractivity (Wildman–Crippen MR) is 101 cm³/mol. The first kappa shape index (κ1) is 18.0. The van der Waals surface area contributed by atoms with Crippen molar-refractivity contribution in [1.82, 2.24) is 0 Å². The highest BCUT2D eigenvalue weighted by atomic mass is 16.5. The summed E-state index contributed by atoms with van der Waals surface area (Å²) in [6.45, 7) is 10.4. The van der Waals surface area contributed by atoms with Crippen molar-refractivity contribution in [3.63, 3.8) is 0 Å². The van der Waals surface area contributed by atoms with E-state index in [2.05, 4.69) is 26.5 Å². The molecule has 4 rings (SSSR count). The molecule has 4 aliphatic carbocycles. The zero-order valence-electron chi connectivity index (χ0n) is 16.4. The molecule has 26 heavy (non-hydrogen) atoms. The number of hydrogen-bond donors (Lipinski definition) is 0. The van der Waals surface area contributed by atoms with E-state index >= 15 is 0 Å². The predicted octanol–water partition coefficient (Wildman–Crippen LogP) is 4.86. The zero-order chi connectivity index (χ0) is 18.7. The molecule has 3 saturated carbocycles. The number of fused-ring (bicyclic) bond motifs is 5. The molecule has 0 aromatic rings. The molecule has 0 heterocycles. The van der Waals surface area contributed by atoms with Crippen molar-refractivity contribution in [3.8, 4) is 0 Å². The minimum Gasteiger partial charge on any atom is -0.462 e. The first-order valence-corrected chi connectivity index (χ1v) is 10.3. The van der Waals surface area contributed by atoms with Crippen LogP contribution in [0.3, 0.4) is 0 Å². The second-order valence-corrected chi connectivity index (χ2v) is 9.67. The molecular formula is C23H32O3. The lowest BCUT2D eigenvalue weighted by Gasteiger charge is -2.60. The van der Waals surface area contributed by atoms with Crippen molar-refractivity contribution in [1.29, 1.82) is 0 Å². The standard InChI is InChI=1S/C23H32O3/c1-5-15-7-9-19-18-8-6-16-12-17(25)10-11-22(16,3)21(18)20(26-14(2)24)13-23(15,19)4/h5,12,15,18-21H,1,6-11,13H2,2-4H3/t15-,18-,19-,20-,21+,22+,23-/m1/s1. The smallest absolute Gasteiger partial charge is 0.302 e. The Labute approximate surface area is 157 Å². The summed E-state index contributed by atoms with van der Waals surface area (Å²) in [7, 11) is 0. The molecule has 0 spiro atoms. The first-order valence-electron chi connectivity index (χ1n) is 10.3. The summed E-state index contributed by atoms with van der Waals surface area (Å²) in [4.78, 5) is 24.0. The van der Waals surface area contributed by atoms with Gasteiger partial charge in [-0.05, 0) is 73.2 Å². The Morgan fingerprint density at radius 3 is 2.73 bits per heavy atom. The van der Waals surface area contributed by atoms with Crippen molar-refractivity contribution in [2.24, 2.45) is 34.5 Å². The second kappa shape index (κ2) is 6.07. The van der Waals surface area contributed by atoms with E-state index in [1.165, 1.54) is 25.3 Å². The van der Waals surface area contributed by atoms with Gasteiger partial charge in [-0.25, -0.2) is 0 Å². The molecule has 4 aliphatic rings. The number of rotatable bonds is 2. The third-order valence-electron chi connectivity index (χ3n) is 8.55. The fourth-order valence-corrected chi connectivity index (χ4v) is 7.40. The van der Waals surface area contributed by atoms with Crippen LogP contribution in [0.25, 0.3) is 0 Å². The first-order chi connectivity index (χ1) is 12.3. The van der Waals surface area contributed by atoms with Crippen LogP contribution < -0.4 is 0 Å². The van der Waals surface area contributed by atoms with Gasteiger partial charge in [0.05, 0.1) is 0 Å². The molecule has 0 amide bonds. The summed E-state index contributed by atoms with van der Waals surface area (Å²) in [5, 5.41) is 0. The van der Waals surface area contributed by atoms with Crippen LogP contribution in [-0.2, 0) is 14.3 Å². The summed E-state index contributed by atoms with van der Waals surface area (Å²) in [5.41, 5.74) is 1.50. The van der Waals surface area contributed by atoms with E-state index in [9.17, 15) is 9.59 Å². The lowest BCUT2D eigenvalue weighted by Crippen LogP contribution is -2.57. The normalized spacial score (nSPS) is 47.3. The molecule has 0 bridgehead atoms. The van der Waals surface area contributed by atoms with Crippen LogP contribution in [-0.4, -0.2) is 17.9 Å². The Balaban J connectivity index is 1.77. The van der Waals surface area contributed by atoms with Crippen LogP contribution >= 0.6 is 0 Å². The van der Waals surface area contributed by atoms with E-state index in [-0.39, 0.29) is 28.7 Å². The van der Waals surface area contributed by atoms with Crippen LogP contribution in [0.15, 0.2) is 24.3 Å². The van der Waals surface area contributed by atoms with Gasteiger partial charge in [-0.15, -0.1) is 6.58 Å². The van der Waals surface area contributed by atoms with E-state index in [4.69, 9.17) is 4.74 Å². The van der Waals surface area contributed by atoms with E-state index in [1.54, 1.807) is 0 Å². The van der Waals surface area contributed by atoms with Gasteiger partial charge in [0.1, 0.15) is 6.10 Å². The van der Waals surface area contributed by atoms with E-state index < -0.39 is 0 Å². The van der Waals surface area contributed by atoms with Gasteiger partial charge < -0.3 is 4.74 Å². The molecule has 7 atom stereocenters. The van der Waals surface area contributed by atoms with Crippen molar-refractivity contribution >= 4 is 11.8 Å². The minimum atomic E-state index is -0.171. The molecule has 0 N–H and O–H groups in total.